The van der Waals surface area contributed by atoms with Gasteiger partial charge in [-0.1, -0.05) is 182 Å². The van der Waals surface area contributed by atoms with Crippen LogP contribution in [0.1, 0.15) is 22.3 Å². The molecule has 0 aromatic heterocycles. The Morgan fingerprint density at radius 1 is 0.315 bits per heavy atom. The van der Waals surface area contributed by atoms with Gasteiger partial charge in [0.2, 0.25) is 0 Å². The summed E-state index contributed by atoms with van der Waals surface area (Å²) in [6.45, 7) is 0. The summed E-state index contributed by atoms with van der Waals surface area (Å²) in [6, 6.07) is 81.9. The fourth-order valence-electron chi connectivity index (χ4n) is 8.83. The van der Waals surface area contributed by atoms with Gasteiger partial charge >= 0.3 is 0 Å². The summed E-state index contributed by atoms with van der Waals surface area (Å²) in [6.07, 6.45) is 0. The van der Waals surface area contributed by atoms with E-state index in [1.807, 2.05) is 0 Å². The van der Waals surface area contributed by atoms with E-state index in [0.29, 0.717) is 0 Å². The number of hydrogen-bond acceptors (Lipinski definition) is 1. The van der Waals surface area contributed by atoms with Gasteiger partial charge in [-0.2, -0.15) is 0 Å². The first-order valence-corrected chi connectivity index (χ1v) is 18.7. The first kappa shape index (κ1) is 31.7. The maximum absolute atomic E-state index is 2.37. The molecule has 0 radical (unpaired) electrons. The Hall–Kier alpha value is -6.96. The summed E-state index contributed by atoms with van der Waals surface area (Å²) in [5.74, 6) is 0. The number of anilines is 3. The van der Waals surface area contributed by atoms with Gasteiger partial charge in [-0.05, 0) is 103 Å². The van der Waals surface area contributed by atoms with Crippen LogP contribution in [0.3, 0.4) is 0 Å². The summed E-state index contributed by atoms with van der Waals surface area (Å²) in [4.78, 5) is 2.35. The van der Waals surface area contributed by atoms with E-state index in [-0.39, 0.29) is 0 Å². The molecule has 0 bridgehead atoms. The predicted octanol–water partition coefficient (Wildman–Crippen LogP) is 14.0. The maximum Gasteiger partial charge on any atom is 0.0719 e. The molecule has 0 amide bonds. The lowest BCUT2D eigenvalue weighted by atomic mass is 9.66. The smallest absolute Gasteiger partial charge is 0.0719 e. The average Bonchev–Trinajstić information content (AvgIpc) is 3.56. The molecule has 0 saturated carbocycles. The largest absolute Gasteiger partial charge is 0.310 e. The van der Waals surface area contributed by atoms with E-state index < -0.39 is 5.41 Å². The zero-order chi connectivity index (χ0) is 35.9. The Morgan fingerprint density at radius 2 is 0.796 bits per heavy atom. The second-order valence-electron chi connectivity index (χ2n) is 14.1. The lowest BCUT2D eigenvalue weighted by Crippen LogP contribution is -2.29. The Kier molecular flexibility index (Phi) is 7.78. The van der Waals surface area contributed by atoms with Crippen molar-refractivity contribution in [3.8, 4) is 33.4 Å². The third-order valence-electron chi connectivity index (χ3n) is 11.1. The number of rotatable bonds is 7. The molecule has 9 aromatic rings. The summed E-state index contributed by atoms with van der Waals surface area (Å²) in [7, 11) is 0. The van der Waals surface area contributed by atoms with E-state index in [1.165, 1.54) is 66.4 Å². The van der Waals surface area contributed by atoms with Crippen LogP contribution in [0.5, 0.6) is 0 Å². The molecule has 0 spiro atoms. The third-order valence-corrected chi connectivity index (χ3v) is 11.1. The van der Waals surface area contributed by atoms with Crippen LogP contribution < -0.4 is 4.90 Å². The molecule has 0 unspecified atom stereocenters. The van der Waals surface area contributed by atoms with Crippen molar-refractivity contribution >= 4 is 27.8 Å². The van der Waals surface area contributed by atoms with Gasteiger partial charge in [0.15, 0.2) is 0 Å². The fourth-order valence-corrected chi connectivity index (χ4v) is 8.83. The van der Waals surface area contributed by atoms with Crippen molar-refractivity contribution < 1.29 is 0 Å². The lowest BCUT2D eigenvalue weighted by Gasteiger charge is -2.35. The molecule has 0 N–H and O–H groups in total. The van der Waals surface area contributed by atoms with Gasteiger partial charge in [-0.15, -0.1) is 0 Å². The van der Waals surface area contributed by atoms with Crippen molar-refractivity contribution in [1.29, 1.82) is 0 Å². The second-order valence-corrected chi connectivity index (χ2v) is 14.1. The quantitative estimate of drug-likeness (QED) is 0.161. The first-order valence-electron chi connectivity index (χ1n) is 18.7. The molecule has 0 heterocycles. The van der Waals surface area contributed by atoms with Crippen LogP contribution in [0.2, 0.25) is 0 Å². The van der Waals surface area contributed by atoms with Crippen LogP contribution >= 0.6 is 0 Å². The SMILES string of the molecule is c1ccc(N(c2ccccc2)c2cccc3cc(-c4cccc(-c5ccccc5C5(c6ccccc6)c6ccccc6-c6ccccc65)c4)ccc23)cc1. The van der Waals surface area contributed by atoms with E-state index >= 15 is 0 Å². The van der Waals surface area contributed by atoms with E-state index in [2.05, 4.69) is 229 Å². The van der Waals surface area contributed by atoms with E-state index in [1.54, 1.807) is 0 Å². The van der Waals surface area contributed by atoms with Crippen molar-refractivity contribution in [1.82, 2.24) is 0 Å². The topological polar surface area (TPSA) is 3.24 Å². The molecule has 54 heavy (non-hydrogen) atoms. The summed E-state index contributed by atoms with van der Waals surface area (Å²) < 4.78 is 0. The molecule has 1 aliphatic rings. The highest BCUT2D eigenvalue weighted by atomic mass is 15.1. The van der Waals surface area contributed by atoms with Gasteiger partial charge in [0, 0.05) is 16.8 Å². The highest BCUT2D eigenvalue weighted by Crippen LogP contribution is 2.57. The monoisotopic (exact) mass is 687 g/mol. The minimum atomic E-state index is -0.468. The van der Waals surface area contributed by atoms with E-state index in [9.17, 15) is 0 Å². The van der Waals surface area contributed by atoms with Crippen molar-refractivity contribution in [3.05, 3.63) is 247 Å². The number of benzene rings is 9. The Labute approximate surface area is 317 Å². The molecule has 0 saturated heterocycles. The third kappa shape index (κ3) is 5.09. The predicted molar refractivity (Wildman–Crippen MR) is 227 cm³/mol. The average molecular weight is 688 g/mol. The molecule has 254 valence electrons. The van der Waals surface area contributed by atoms with Gasteiger partial charge in [0.1, 0.15) is 0 Å². The van der Waals surface area contributed by atoms with Crippen LogP contribution in [0.15, 0.2) is 224 Å². The number of hydrogen-bond donors (Lipinski definition) is 0. The first-order chi connectivity index (χ1) is 26.8. The number of fused-ring (bicyclic) bond motifs is 4. The highest BCUT2D eigenvalue weighted by molar-refractivity contribution is 6.01. The van der Waals surface area contributed by atoms with Crippen molar-refractivity contribution in [2.75, 3.05) is 4.90 Å². The molecular formula is C53H37N. The van der Waals surface area contributed by atoms with Crippen LogP contribution in [-0.2, 0) is 5.41 Å². The Morgan fingerprint density at radius 3 is 1.43 bits per heavy atom. The van der Waals surface area contributed by atoms with Crippen molar-refractivity contribution in [2.24, 2.45) is 0 Å². The molecule has 9 aromatic carbocycles. The van der Waals surface area contributed by atoms with Crippen molar-refractivity contribution in [2.45, 2.75) is 5.41 Å². The Bertz CT molecular complexity index is 2680. The van der Waals surface area contributed by atoms with Gasteiger partial charge in [0.05, 0.1) is 11.1 Å². The molecule has 0 atom stereocenters. The van der Waals surface area contributed by atoms with Crippen LogP contribution in [0, 0.1) is 0 Å². The number of nitrogens with zero attached hydrogens (tertiary/aromatic N) is 1. The zero-order valence-electron chi connectivity index (χ0n) is 29.8. The van der Waals surface area contributed by atoms with Crippen molar-refractivity contribution in [3.63, 3.8) is 0 Å². The molecular weight excluding hydrogens is 651 g/mol. The van der Waals surface area contributed by atoms with Gasteiger partial charge in [-0.25, -0.2) is 0 Å². The standard InChI is InChI=1S/C53H37N/c1-4-21-42(22-5-1)53(50-31-14-11-28-47(50)48-29-12-15-32-51(48)53)49-30-13-10-27-45(49)40-19-16-18-38(36-40)39-34-35-46-41(37-39)20-17-33-52(46)54(43-23-6-2-7-24-43)44-25-8-3-9-26-44/h1-37H. The summed E-state index contributed by atoms with van der Waals surface area (Å²) in [5.41, 5.74) is 15.6. The van der Waals surface area contributed by atoms with Crippen LogP contribution in [-0.4, -0.2) is 0 Å². The lowest BCUT2D eigenvalue weighted by molar-refractivity contribution is 0.770. The van der Waals surface area contributed by atoms with E-state index in [0.717, 1.165) is 17.1 Å². The molecule has 1 aliphatic carbocycles. The molecule has 10 rings (SSSR count). The minimum absolute atomic E-state index is 0.468. The fraction of sp³-hybridized carbons (Fsp3) is 0.0189. The molecule has 1 nitrogen and oxygen atoms in total. The molecule has 1 heteroatoms. The van der Waals surface area contributed by atoms with Gasteiger partial charge in [-0.3, -0.25) is 0 Å². The highest BCUT2D eigenvalue weighted by Gasteiger charge is 2.46. The Balaban J connectivity index is 1.12. The van der Waals surface area contributed by atoms with Crippen LogP contribution in [0.25, 0.3) is 44.2 Å². The zero-order valence-corrected chi connectivity index (χ0v) is 29.8. The van der Waals surface area contributed by atoms with Gasteiger partial charge < -0.3 is 4.90 Å². The number of para-hydroxylation sites is 2. The minimum Gasteiger partial charge on any atom is -0.310 e. The second kappa shape index (κ2) is 13.2. The molecule has 0 fully saturated rings. The van der Waals surface area contributed by atoms with Gasteiger partial charge in [0.25, 0.3) is 0 Å². The molecule has 0 aliphatic heterocycles. The summed E-state index contributed by atoms with van der Waals surface area (Å²) in [5, 5.41) is 2.41. The van der Waals surface area contributed by atoms with E-state index in [4.69, 9.17) is 0 Å². The summed E-state index contributed by atoms with van der Waals surface area (Å²) >= 11 is 0. The van der Waals surface area contributed by atoms with Crippen LogP contribution in [0.4, 0.5) is 17.1 Å². The maximum atomic E-state index is 2.37. The normalized spacial score (nSPS) is 12.6.